The van der Waals surface area contributed by atoms with Gasteiger partial charge in [0, 0.05) is 22.5 Å². The van der Waals surface area contributed by atoms with Gasteiger partial charge < -0.3 is 21.3 Å². The number of benzene rings is 6. The molecule has 0 bridgehead atoms. The standard InChI is InChI=1S/2C20H16N2S.2FH/c2*23-20-21-18-12-11-16(14-7-3-1-4-8-14)13-17(18)19(22-20)15-9-5-2-6-10-15;;/h2*1-13,19H,(H2,21,22,23);2*1H. The fourth-order valence-electron chi connectivity index (χ4n) is 6.00. The van der Waals surface area contributed by atoms with Gasteiger partial charge in [-0.15, -0.1) is 0 Å². The van der Waals surface area contributed by atoms with Gasteiger partial charge >= 0.3 is 0 Å². The predicted octanol–water partition coefficient (Wildman–Crippen LogP) is 9.79. The highest BCUT2D eigenvalue weighted by atomic mass is 32.1. The lowest BCUT2D eigenvalue weighted by Crippen LogP contribution is -2.38. The molecule has 2 atom stereocenters. The summed E-state index contributed by atoms with van der Waals surface area (Å²) in [6.45, 7) is 0. The molecule has 48 heavy (non-hydrogen) atoms. The molecule has 2 aliphatic heterocycles. The van der Waals surface area contributed by atoms with Gasteiger partial charge in [0.1, 0.15) is 0 Å². The van der Waals surface area contributed by atoms with Crippen LogP contribution in [0.5, 0.6) is 0 Å². The number of halogens is 2. The van der Waals surface area contributed by atoms with Crippen molar-refractivity contribution >= 4 is 46.0 Å². The molecule has 4 N–H and O–H groups in total. The molecule has 0 radical (unpaired) electrons. The van der Waals surface area contributed by atoms with Crippen LogP contribution in [0.4, 0.5) is 20.8 Å². The molecule has 6 aromatic rings. The minimum Gasteiger partial charge on any atom is -0.351 e. The van der Waals surface area contributed by atoms with Crippen LogP contribution in [0.1, 0.15) is 34.3 Å². The maximum Gasteiger partial charge on any atom is 0.171 e. The van der Waals surface area contributed by atoms with Crippen LogP contribution in [0.3, 0.4) is 0 Å². The highest BCUT2D eigenvalue weighted by Crippen LogP contribution is 2.36. The van der Waals surface area contributed by atoms with E-state index in [4.69, 9.17) is 24.4 Å². The van der Waals surface area contributed by atoms with Crippen molar-refractivity contribution in [1.82, 2.24) is 10.6 Å². The summed E-state index contributed by atoms with van der Waals surface area (Å²) in [5.74, 6) is 0. The number of rotatable bonds is 4. The molecular weight excluding hydrogens is 639 g/mol. The lowest BCUT2D eigenvalue weighted by atomic mass is 9.92. The Morgan fingerprint density at radius 3 is 1.06 bits per heavy atom. The largest absolute Gasteiger partial charge is 0.351 e. The maximum atomic E-state index is 5.36. The summed E-state index contributed by atoms with van der Waals surface area (Å²) in [5, 5.41) is 14.6. The Morgan fingerprint density at radius 1 is 0.375 bits per heavy atom. The molecule has 0 amide bonds. The van der Waals surface area contributed by atoms with E-state index in [9.17, 15) is 0 Å². The summed E-state index contributed by atoms with van der Waals surface area (Å²) in [6.07, 6.45) is 0. The van der Waals surface area contributed by atoms with Crippen molar-refractivity contribution in [3.8, 4) is 22.3 Å². The van der Waals surface area contributed by atoms with Crippen LogP contribution >= 0.6 is 24.4 Å². The van der Waals surface area contributed by atoms with Gasteiger partial charge in [-0.1, -0.05) is 133 Å². The number of nitrogens with one attached hydrogen (secondary N) is 4. The number of anilines is 2. The molecular formula is C40H34F2N4S2. The topological polar surface area (TPSA) is 48.1 Å². The summed E-state index contributed by atoms with van der Waals surface area (Å²) in [5.41, 5.74) is 11.8. The molecule has 240 valence electrons. The maximum absolute atomic E-state index is 5.36. The summed E-state index contributed by atoms with van der Waals surface area (Å²) in [4.78, 5) is 0. The summed E-state index contributed by atoms with van der Waals surface area (Å²) < 4.78 is 0. The van der Waals surface area contributed by atoms with E-state index in [1.54, 1.807) is 0 Å². The molecule has 0 saturated heterocycles. The molecule has 8 heteroatoms. The number of fused-ring (bicyclic) bond motifs is 2. The van der Waals surface area contributed by atoms with Gasteiger partial charge in [-0.25, -0.2) is 0 Å². The second-order valence-corrected chi connectivity index (χ2v) is 12.0. The molecule has 2 unspecified atom stereocenters. The molecule has 0 aromatic heterocycles. The van der Waals surface area contributed by atoms with Crippen molar-refractivity contribution in [3.63, 3.8) is 0 Å². The van der Waals surface area contributed by atoms with Crippen molar-refractivity contribution in [2.24, 2.45) is 0 Å². The molecule has 6 aromatic carbocycles. The molecule has 2 heterocycles. The van der Waals surface area contributed by atoms with E-state index in [0.29, 0.717) is 10.2 Å². The predicted molar refractivity (Wildman–Crippen MR) is 204 cm³/mol. The molecule has 8 rings (SSSR count). The van der Waals surface area contributed by atoms with Gasteiger partial charge in [-0.05, 0) is 82.1 Å². The van der Waals surface area contributed by atoms with E-state index in [-0.39, 0.29) is 21.5 Å². The van der Waals surface area contributed by atoms with E-state index in [0.717, 1.165) is 11.4 Å². The minimum atomic E-state index is 0. The monoisotopic (exact) mass is 672 g/mol. The van der Waals surface area contributed by atoms with Crippen LogP contribution in [-0.2, 0) is 0 Å². The van der Waals surface area contributed by atoms with Gasteiger partial charge in [-0.3, -0.25) is 9.41 Å². The van der Waals surface area contributed by atoms with Crippen LogP contribution in [0.15, 0.2) is 158 Å². The van der Waals surface area contributed by atoms with Crippen molar-refractivity contribution in [2.45, 2.75) is 12.1 Å². The van der Waals surface area contributed by atoms with Crippen molar-refractivity contribution in [3.05, 3.63) is 180 Å². The zero-order valence-corrected chi connectivity index (χ0v) is 27.4. The smallest absolute Gasteiger partial charge is 0.171 e. The van der Waals surface area contributed by atoms with Gasteiger partial charge in [-0.2, -0.15) is 0 Å². The molecule has 2 aliphatic rings. The van der Waals surface area contributed by atoms with Crippen LogP contribution in [0.2, 0.25) is 0 Å². The minimum absolute atomic E-state index is 0. The summed E-state index contributed by atoms with van der Waals surface area (Å²) in [6, 6.07) is 54.8. The SMILES string of the molecule is F.F.S=C1Nc2ccc(-c3ccccc3)cc2C(c2ccccc2)N1.S=C1Nc2ccc(-c3ccccc3)cc2C(c2ccccc2)N1. The van der Waals surface area contributed by atoms with Gasteiger partial charge in [0.15, 0.2) is 10.2 Å². The second kappa shape index (κ2) is 15.4. The highest BCUT2D eigenvalue weighted by molar-refractivity contribution is 7.80. The third-order valence-electron chi connectivity index (χ3n) is 8.25. The van der Waals surface area contributed by atoms with E-state index >= 15 is 0 Å². The quantitative estimate of drug-likeness (QED) is 0.140. The summed E-state index contributed by atoms with van der Waals surface area (Å²) in [7, 11) is 0. The molecule has 0 fully saturated rings. The summed E-state index contributed by atoms with van der Waals surface area (Å²) >= 11 is 10.7. The lowest BCUT2D eigenvalue weighted by Gasteiger charge is -2.30. The van der Waals surface area contributed by atoms with Crippen molar-refractivity contribution in [2.75, 3.05) is 10.6 Å². The zero-order valence-electron chi connectivity index (χ0n) is 25.8. The molecule has 0 saturated carbocycles. The Morgan fingerprint density at radius 2 is 0.708 bits per heavy atom. The Labute approximate surface area is 290 Å². The van der Waals surface area contributed by atoms with Gasteiger partial charge in [0.25, 0.3) is 0 Å². The van der Waals surface area contributed by atoms with E-state index in [2.05, 4.69) is 155 Å². The molecule has 0 aliphatic carbocycles. The lowest BCUT2D eigenvalue weighted by molar-refractivity contribution is 0.758. The number of thiocarbonyl (C=S) groups is 2. The molecule has 4 nitrogen and oxygen atoms in total. The Bertz CT molecular complexity index is 1850. The van der Waals surface area contributed by atoms with Crippen LogP contribution < -0.4 is 21.3 Å². The van der Waals surface area contributed by atoms with Crippen molar-refractivity contribution in [1.29, 1.82) is 0 Å². The fraction of sp³-hybridized carbons (Fsp3) is 0.0500. The first-order chi connectivity index (χ1) is 22.6. The zero-order chi connectivity index (χ0) is 31.3. The first kappa shape index (κ1) is 33.9. The van der Waals surface area contributed by atoms with Gasteiger partial charge in [0.05, 0.1) is 12.1 Å². The third kappa shape index (κ3) is 7.41. The van der Waals surface area contributed by atoms with Gasteiger partial charge in [0.2, 0.25) is 0 Å². The van der Waals surface area contributed by atoms with E-state index < -0.39 is 0 Å². The normalized spacial score (nSPS) is 15.5. The fourth-order valence-corrected chi connectivity index (χ4v) is 6.46. The van der Waals surface area contributed by atoms with Crippen LogP contribution in [0.25, 0.3) is 22.3 Å². The van der Waals surface area contributed by atoms with Crippen LogP contribution in [-0.4, -0.2) is 10.2 Å². The number of hydrogen-bond acceptors (Lipinski definition) is 2. The van der Waals surface area contributed by atoms with E-state index in [1.165, 1.54) is 44.5 Å². The average molecular weight is 673 g/mol. The Kier molecular flexibility index (Phi) is 10.9. The second-order valence-electron chi connectivity index (χ2n) is 11.2. The first-order valence-corrected chi connectivity index (χ1v) is 16.1. The first-order valence-electron chi connectivity index (χ1n) is 15.3. The highest BCUT2D eigenvalue weighted by Gasteiger charge is 2.25. The van der Waals surface area contributed by atoms with E-state index in [1.807, 2.05) is 24.3 Å². The Hall–Kier alpha value is -5.44. The van der Waals surface area contributed by atoms with Crippen molar-refractivity contribution < 1.29 is 9.41 Å². The van der Waals surface area contributed by atoms with Crippen LogP contribution in [0, 0.1) is 0 Å². The molecule has 0 spiro atoms. The Balaban J connectivity index is 0.000000180. The third-order valence-corrected chi connectivity index (χ3v) is 8.69. The number of hydrogen-bond donors (Lipinski definition) is 4. The average Bonchev–Trinajstić information content (AvgIpc) is 3.12.